The molecule has 0 aliphatic heterocycles. The van der Waals surface area contributed by atoms with Crippen molar-refractivity contribution in [3.63, 3.8) is 0 Å². The van der Waals surface area contributed by atoms with Gasteiger partial charge in [0.2, 0.25) is 5.88 Å². The predicted molar refractivity (Wildman–Crippen MR) is 146 cm³/mol. The van der Waals surface area contributed by atoms with Gasteiger partial charge in [-0.05, 0) is 65.6 Å². The minimum atomic E-state index is -0.410. The third-order valence-electron chi connectivity index (χ3n) is 5.57. The Morgan fingerprint density at radius 3 is 2.41 bits per heavy atom. The van der Waals surface area contributed by atoms with Gasteiger partial charge >= 0.3 is 6.03 Å². The number of benzene rings is 3. The fourth-order valence-corrected chi connectivity index (χ4v) is 3.69. The number of anilines is 2. The Labute approximate surface area is 217 Å². The minimum absolute atomic E-state index is 0.111. The first-order valence-electron chi connectivity index (χ1n) is 12.0. The number of carbonyl (C=O) groups is 1. The number of urea groups is 1. The van der Waals surface area contributed by atoms with Crippen molar-refractivity contribution in [3.8, 4) is 23.1 Å². The zero-order valence-electron chi connectivity index (χ0n) is 21.4. The summed E-state index contributed by atoms with van der Waals surface area (Å²) in [6, 6.07) is 25.8. The molecule has 1 aromatic heterocycles. The molecule has 190 valence electrons. The van der Waals surface area contributed by atoms with Crippen LogP contribution in [0.25, 0.3) is 0 Å². The van der Waals surface area contributed by atoms with Gasteiger partial charge in [-0.2, -0.15) is 0 Å². The average molecular weight is 498 g/mol. The van der Waals surface area contributed by atoms with Crippen LogP contribution in [0.3, 0.4) is 0 Å². The summed E-state index contributed by atoms with van der Waals surface area (Å²) < 4.78 is 17.2. The number of methoxy groups -OCH3 is 1. The van der Waals surface area contributed by atoms with Gasteiger partial charge in [0, 0.05) is 17.4 Å². The van der Waals surface area contributed by atoms with Gasteiger partial charge in [0.15, 0.2) is 0 Å². The van der Waals surface area contributed by atoms with Crippen LogP contribution in [0, 0.1) is 0 Å². The molecule has 0 atom stereocenters. The van der Waals surface area contributed by atoms with Crippen LogP contribution in [0.5, 0.6) is 23.1 Å². The van der Waals surface area contributed by atoms with E-state index in [1.807, 2.05) is 48.5 Å². The minimum Gasteiger partial charge on any atom is -0.497 e. The average Bonchev–Trinajstić information content (AvgIpc) is 2.89. The van der Waals surface area contributed by atoms with E-state index in [4.69, 9.17) is 14.2 Å². The Kier molecular flexibility index (Phi) is 7.93. The lowest BCUT2D eigenvalue weighted by molar-refractivity contribution is 0.262. The molecule has 2 amide bonds. The number of aromatic nitrogens is 1. The van der Waals surface area contributed by atoms with Gasteiger partial charge in [0.05, 0.1) is 7.11 Å². The fraction of sp³-hybridized carbons (Fsp3) is 0.200. The maximum absolute atomic E-state index is 12.7. The molecule has 0 saturated carbocycles. The highest BCUT2D eigenvalue weighted by Gasteiger charge is 2.20. The molecule has 1 heterocycles. The Morgan fingerprint density at radius 2 is 1.65 bits per heavy atom. The highest BCUT2D eigenvalue weighted by molar-refractivity contribution is 6.00. The lowest BCUT2D eigenvalue weighted by Crippen LogP contribution is -2.20. The summed E-state index contributed by atoms with van der Waals surface area (Å²) in [7, 11) is 1.64. The highest BCUT2D eigenvalue weighted by Crippen LogP contribution is 2.35. The van der Waals surface area contributed by atoms with Gasteiger partial charge in [-0.15, -0.1) is 0 Å². The molecule has 37 heavy (non-hydrogen) atoms. The smallest absolute Gasteiger partial charge is 0.323 e. The molecular formula is C30H31N3O4. The van der Waals surface area contributed by atoms with Crippen LogP contribution < -0.4 is 24.8 Å². The molecule has 4 aromatic rings. The standard InChI is InChI=1S/C30H31N3O4/c1-30(2,3)25-11-5-6-13-27(25)37-28-26(12-8-18-31-28)33-29(34)32-22-14-16-23(17-15-22)36-20-21-9-7-10-24(19-21)35-4/h5-19H,20H2,1-4H3,(H2,32,33,34). The maximum atomic E-state index is 12.7. The van der Waals surface area contributed by atoms with Crippen LogP contribution in [-0.4, -0.2) is 18.1 Å². The summed E-state index contributed by atoms with van der Waals surface area (Å²) in [5, 5.41) is 5.66. The first-order chi connectivity index (χ1) is 17.8. The Hall–Kier alpha value is -4.52. The van der Waals surface area contributed by atoms with Crippen molar-refractivity contribution < 1.29 is 19.0 Å². The van der Waals surface area contributed by atoms with Crippen LogP contribution in [0.2, 0.25) is 0 Å². The van der Waals surface area contributed by atoms with Crippen molar-refractivity contribution in [2.45, 2.75) is 32.8 Å². The monoisotopic (exact) mass is 497 g/mol. The number of amides is 2. The zero-order chi connectivity index (χ0) is 26.3. The van der Waals surface area contributed by atoms with Crippen molar-refractivity contribution >= 4 is 17.4 Å². The van der Waals surface area contributed by atoms with E-state index < -0.39 is 6.03 Å². The molecule has 2 N–H and O–H groups in total. The molecule has 0 aliphatic carbocycles. The molecule has 0 fully saturated rings. The van der Waals surface area contributed by atoms with Crippen LogP contribution in [0.15, 0.2) is 91.1 Å². The van der Waals surface area contributed by atoms with Gasteiger partial charge in [-0.25, -0.2) is 9.78 Å². The second-order valence-corrected chi connectivity index (χ2v) is 9.45. The molecule has 0 saturated heterocycles. The second kappa shape index (κ2) is 11.5. The molecule has 7 heteroatoms. The molecule has 4 rings (SSSR count). The van der Waals surface area contributed by atoms with E-state index in [1.54, 1.807) is 49.7 Å². The summed E-state index contributed by atoms with van der Waals surface area (Å²) in [4.78, 5) is 17.1. The number of para-hydroxylation sites is 1. The van der Waals surface area contributed by atoms with Crippen molar-refractivity contribution in [1.29, 1.82) is 0 Å². The number of ether oxygens (including phenoxy) is 3. The van der Waals surface area contributed by atoms with Crippen molar-refractivity contribution in [3.05, 3.63) is 102 Å². The highest BCUT2D eigenvalue weighted by atomic mass is 16.5. The summed E-state index contributed by atoms with van der Waals surface area (Å²) in [5.41, 5.74) is 3.02. The predicted octanol–water partition coefficient (Wildman–Crippen LogP) is 7.40. The number of pyridine rings is 1. The second-order valence-electron chi connectivity index (χ2n) is 9.45. The van der Waals surface area contributed by atoms with Crippen LogP contribution in [-0.2, 0) is 12.0 Å². The van der Waals surface area contributed by atoms with Crippen molar-refractivity contribution in [2.24, 2.45) is 0 Å². The molecule has 0 unspecified atom stereocenters. The van der Waals surface area contributed by atoms with Crippen LogP contribution in [0.1, 0.15) is 31.9 Å². The Morgan fingerprint density at radius 1 is 0.865 bits per heavy atom. The third-order valence-corrected chi connectivity index (χ3v) is 5.57. The zero-order valence-corrected chi connectivity index (χ0v) is 21.4. The molecule has 3 aromatic carbocycles. The topological polar surface area (TPSA) is 81.7 Å². The van der Waals surface area contributed by atoms with Gasteiger partial charge in [0.1, 0.15) is 29.5 Å². The SMILES string of the molecule is COc1cccc(COc2ccc(NC(=O)Nc3cccnc3Oc3ccccc3C(C)(C)C)cc2)c1. The molecule has 0 radical (unpaired) electrons. The first kappa shape index (κ1) is 25.6. The van der Waals surface area contributed by atoms with Crippen LogP contribution in [0.4, 0.5) is 16.2 Å². The number of hydrogen-bond donors (Lipinski definition) is 2. The van der Waals surface area contributed by atoms with Gasteiger partial charge in [0.25, 0.3) is 0 Å². The molecule has 0 spiro atoms. The van der Waals surface area contributed by atoms with Gasteiger partial charge in [-0.3, -0.25) is 0 Å². The Balaban J connectivity index is 1.37. The van der Waals surface area contributed by atoms with Gasteiger partial charge < -0.3 is 24.8 Å². The maximum Gasteiger partial charge on any atom is 0.323 e. The quantitative estimate of drug-likeness (QED) is 0.265. The van der Waals surface area contributed by atoms with Crippen molar-refractivity contribution in [1.82, 2.24) is 4.98 Å². The molecule has 0 bridgehead atoms. The van der Waals surface area contributed by atoms with Crippen LogP contribution >= 0.6 is 0 Å². The summed E-state index contributed by atoms with van der Waals surface area (Å²) in [6.07, 6.45) is 1.63. The first-order valence-corrected chi connectivity index (χ1v) is 12.0. The van der Waals surface area contributed by atoms with Crippen molar-refractivity contribution in [2.75, 3.05) is 17.7 Å². The largest absolute Gasteiger partial charge is 0.497 e. The molecule has 0 aliphatic rings. The molecule has 7 nitrogen and oxygen atoms in total. The van der Waals surface area contributed by atoms with E-state index in [0.29, 0.717) is 35.4 Å². The van der Waals surface area contributed by atoms with E-state index in [1.165, 1.54) is 0 Å². The van der Waals surface area contributed by atoms with E-state index in [2.05, 4.69) is 36.4 Å². The van der Waals surface area contributed by atoms with E-state index in [-0.39, 0.29) is 5.41 Å². The lowest BCUT2D eigenvalue weighted by atomic mass is 9.86. The number of rotatable bonds is 8. The normalized spacial score (nSPS) is 10.9. The van der Waals surface area contributed by atoms with E-state index >= 15 is 0 Å². The lowest BCUT2D eigenvalue weighted by Gasteiger charge is -2.22. The van der Waals surface area contributed by atoms with Gasteiger partial charge in [-0.1, -0.05) is 51.1 Å². The number of hydrogen-bond acceptors (Lipinski definition) is 5. The molecular weight excluding hydrogens is 466 g/mol. The van der Waals surface area contributed by atoms with E-state index in [0.717, 1.165) is 16.9 Å². The number of carbonyl (C=O) groups excluding carboxylic acids is 1. The Bertz CT molecular complexity index is 1350. The summed E-state index contributed by atoms with van der Waals surface area (Å²) >= 11 is 0. The summed E-state index contributed by atoms with van der Waals surface area (Å²) in [6.45, 7) is 6.77. The number of nitrogens with one attached hydrogen (secondary N) is 2. The fourth-order valence-electron chi connectivity index (χ4n) is 3.69. The summed E-state index contributed by atoms with van der Waals surface area (Å²) in [5.74, 6) is 2.49. The third kappa shape index (κ3) is 7.01. The van der Waals surface area contributed by atoms with E-state index in [9.17, 15) is 4.79 Å². The number of nitrogens with zero attached hydrogens (tertiary/aromatic N) is 1.